The predicted octanol–water partition coefficient (Wildman–Crippen LogP) is 2.20. The maximum absolute atomic E-state index is 13.7. The van der Waals surface area contributed by atoms with Gasteiger partial charge in [0, 0.05) is 6.54 Å². The van der Waals surface area contributed by atoms with Crippen LogP contribution < -0.4 is 0 Å². The number of nitrogens with zero attached hydrogens (tertiary/aromatic N) is 1. The Labute approximate surface area is 104 Å². The lowest BCUT2D eigenvalue weighted by molar-refractivity contribution is -0.109. The Morgan fingerprint density at radius 2 is 2.12 bits per heavy atom. The number of hydroxylamine groups is 1. The van der Waals surface area contributed by atoms with Crippen LogP contribution in [0.3, 0.4) is 0 Å². The van der Waals surface area contributed by atoms with Gasteiger partial charge >= 0.3 is 0 Å². The molecule has 17 heavy (non-hydrogen) atoms. The van der Waals surface area contributed by atoms with E-state index < -0.39 is 20.7 Å². The van der Waals surface area contributed by atoms with Crippen LogP contribution in [0, 0.1) is 5.82 Å². The van der Waals surface area contributed by atoms with Gasteiger partial charge < -0.3 is 0 Å². The minimum atomic E-state index is -3.96. The lowest BCUT2D eigenvalue weighted by Crippen LogP contribution is -2.36. The summed E-state index contributed by atoms with van der Waals surface area (Å²) in [5.74, 6) is -0.941. The standard InChI is InChI=1S/C10H11ClFNO3S/c11-8-4-3-5-9(10(8)12)17(14,15)13-6-1-2-7-16-13/h3-5H,1-2,6-7H2. The molecule has 0 N–H and O–H groups in total. The summed E-state index contributed by atoms with van der Waals surface area (Å²) in [6.45, 7) is 0.551. The quantitative estimate of drug-likeness (QED) is 0.834. The van der Waals surface area contributed by atoms with Crippen molar-refractivity contribution < 1.29 is 17.6 Å². The van der Waals surface area contributed by atoms with Crippen LogP contribution in [0.4, 0.5) is 4.39 Å². The molecule has 0 aliphatic carbocycles. The average Bonchev–Trinajstić information content (AvgIpc) is 2.33. The van der Waals surface area contributed by atoms with Crippen LogP contribution in [0.5, 0.6) is 0 Å². The van der Waals surface area contributed by atoms with Crippen molar-refractivity contribution in [1.29, 1.82) is 0 Å². The molecule has 7 heteroatoms. The van der Waals surface area contributed by atoms with Crippen molar-refractivity contribution in [1.82, 2.24) is 4.47 Å². The first-order valence-corrected chi connectivity index (χ1v) is 6.95. The van der Waals surface area contributed by atoms with E-state index in [1.54, 1.807) is 0 Å². The van der Waals surface area contributed by atoms with Gasteiger partial charge in [0.25, 0.3) is 10.0 Å². The van der Waals surface area contributed by atoms with Crippen molar-refractivity contribution in [3.8, 4) is 0 Å². The normalized spacial score (nSPS) is 18.2. The Morgan fingerprint density at radius 1 is 1.35 bits per heavy atom. The molecule has 94 valence electrons. The van der Waals surface area contributed by atoms with E-state index in [0.29, 0.717) is 13.0 Å². The lowest BCUT2D eigenvalue weighted by atomic mass is 10.3. The van der Waals surface area contributed by atoms with Gasteiger partial charge in [0.15, 0.2) is 5.82 Å². The maximum atomic E-state index is 13.7. The van der Waals surface area contributed by atoms with Crippen LogP contribution in [0.1, 0.15) is 12.8 Å². The molecule has 1 saturated heterocycles. The molecule has 1 heterocycles. The second-order valence-corrected chi connectivity index (χ2v) is 5.83. The van der Waals surface area contributed by atoms with Gasteiger partial charge in [-0.3, -0.25) is 4.84 Å². The molecule has 2 rings (SSSR count). The van der Waals surface area contributed by atoms with Gasteiger partial charge in [0.2, 0.25) is 0 Å². The molecule has 4 nitrogen and oxygen atoms in total. The van der Waals surface area contributed by atoms with Gasteiger partial charge in [-0.1, -0.05) is 22.1 Å². The summed E-state index contributed by atoms with van der Waals surface area (Å²) in [6.07, 6.45) is 1.49. The summed E-state index contributed by atoms with van der Waals surface area (Å²) in [4.78, 5) is 4.58. The Balaban J connectivity index is 2.40. The molecule has 0 saturated carbocycles. The summed E-state index contributed by atoms with van der Waals surface area (Å²) in [5.41, 5.74) is 0. The van der Waals surface area contributed by atoms with Crippen molar-refractivity contribution in [2.75, 3.05) is 13.2 Å². The number of halogens is 2. The Morgan fingerprint density at radius 3 is 2.76 bits per heavy atom. The smallest absolute Gasteiger partial charge is 0.267 e. The van der Waals surface area contributed by atoms with Gasteiger partial charge in [0.1, 0.15) is 4.90 Å². The third-order valence-electron chi connectivity index (χ3n) is 2.43. The van der Waals surface area contributed by atoms with Crippen molar-refractivity contribution in [2.24, 2.45) is 0 Å². The zero-order chi connectivity index (χ0) is 12.5. The molecule has 1 aliphatic heterocycles. The maximum Gasteiger partial charge on any atom is 0.267 e. The topological polar surface area (TPSA) is 46.6 Å². The molecule has 0 spiro atoms. The molecular formula is C10H11ClFNO3S. The lowest BCUT2D eigenvalue weighted by Gasteiger charge is -2.25. The van der Waals surface area contributed by atoms with Gasteiger partial charge in [0.05, 0.1) is 11.6 Å². The number of hydrogen-bond donors (Lipinski definition) is 0. The zero-order valence-corrected chi connectivity index (χ0v) is 10.5. The number of hydrogen-bond acceptors (Lipinski definition) is 3. The van der Waals surface area contributed by atoms with E-state index in [1.807, 2.05) is 0 Å². The van der Waals surface area contributed by atoms with Crippen LogP contribution in [-0.2, 0) is 14.9 Å². The van der Waals surface area contributed by atoms with E-state index in [4.69, 9.17) is 16.4 Å². The van der Waals surface area contributed by atoms with Gasteiger partial charge in [-0.05, 0) is 25.0 Å². The van der Waals surface area contributed by atoms with E-state index in [-0.39, 0.29) is 11.6 Å². The average molecular weight is 280 g/mol. The Kier molecular flexibility index (Phi) is 3.67. The molecule has 1 aromatic rings. The van der Waals surface area contributed by atoms with Gasteiger partial charge in [-0.25, -0.2) is 12.8 Å². The second kappa shape index (κ2) is 4.89. The number of benzene rings is 1. The molecule has 0 bridgehead atoms. The largest absolute Gasteiger partial charge is 0.284 e. The van der Waals surface area contributed by atoms with E-state index >= 15 is 0 Å². The SMILES string of the molecule is O=S(=O)(c1cccc(Cl)c1F)N1CCCCO1. The predicted molar refractivity (Wildman–Crippen MR) is 60.5 cm³/mol. The highest BCUT2D eigenvalue weighted by Crippen LogP contribution is 2.26. The minimum Gasteiger partial charge on any atom is -0.284 e. The first kappa shape index (κ1) is 12.8. The molecule has 0 aromatic heterocycles. The number of sulfonamides is 1. The van der Waals surface area contributed by atoms with Crippen LogP contribution in [-0.4, -0.2) is 26.0 Å². The fraction of sp³-hybridized carbons (Fsp3) is 0.400. The fourth-order valence-corrected chi connectivity index (χ4v) is 3.18. The first-order valence-electron chi connectivity index (χ1n) is 5.13. The van der Waals surface area contributed by atoms with E-state index in [2.05, 4.69) is 0 Å². The Hall–Kier alpha value is -0.690. The van der Waals surface area contributed by atoms with Gasteiger partial charge in [-0.2, -0.15) is 0 Å². The molecule has 1 aromatic carbocycles. The summed E-state index contributed by atoms with van der Waals surface area (Å²) < 4.78 is 38.6. The highest BCUT2D eigenvalue weighted by Gasteiger charge is 2.30. The first-order chi connectivity index (χ1) is 8.03. The molecule has 1 aliphatic rings. The minimum absolute atomic E-state index is 0.219. The molecular weight excluding hydrogens is 269 g/mol. The summed E-state index contributed by atoms with van der Waals surface area (Å²) in [6, 6.07) is 3.86. The third kappa shape index (κ3) is 2.44. The molecule has 0 atom stereocenters. The highest BCUT2D eigenvalue weighted by atomic mass is 35.5. The zero-order valence-electron chi connectivity index (χ0n) is 8.90. The summed E-state index contributed by atoms with van der Waals surface area (Å²) in [5, 5.41) is -0.219. The molecule has 0 radical (unpaired) electrons. The van der Waals surface area contributed by atoms with Crippen LogP contribution in [0.15, 0.2) is 23.1 Å². The third-order valence-corrected chi connectivity index (χ3v) is 4.42. The van der Waals surface area contributed by atoms with Crippen LogP contribution in [0.25, 0.3) is 0 Å². The van der Waals surface area contributed by atoms with Gasteiger partial charge in [-0.15, -0.1) is 0 Å². The van der Waals surface area contributed by atoms with E-state index in [9.17, 15) is 12.8 Å². The van der Waals surface area contributed by atoms with Crippen LogP contribution in [0.2, 0.25) is 5.02 Å². The second-order valence-electron chi connectivity index (χ2n) is 3.62. The van der Waals surface area contributed by atoms with Crippen molar-refractivity contribution in [3.63, 3.8) is 0 Å². The fourth-order valence-electron chi connectivity index (χ4n) is 1.56. The Bertz CT molecular complexity index is 514. The molecule has 0 amide bonds. The molecule has 0 unspecified atom stereocenters. The van der Waals surface area contributed by atoms with Crippen molar-refractivity contribution in [2.45, 2.75) is 17.7 Å². The van der Waals surface area contributed by atoms with E-state index in [0.717, 1.165) is 10.9 Å². The molecule has 1 fully saturated rings. The van der Waals surface area contributed by atoms with E-state index in [1.165, 1.54) is 18.2 Å². The van der Waals surface area contributed by atoms with Crippen molar-refractivity contribution >= 4 is 21.6 Å². The summed E-state index contributed by atoms with van der Waals surface area (Å²) >= 11 is 5.56. The summed E-state index contributed by atoms with van der Waals surface area (Å²) in [7, 11) is -3.96. The highest BCUT2D eigenvalue weighted by molar-refractivity contribution is 7.89. The van der Waals surface area contributed by atoms with Crippen molar-refractivity contribution in [3.05, 3.63) is 29.0 Å². The monoisotopic (exact) mass is 279 g/mol. The number of rotatable bonds is 2. The van der Waals surface area contributed by atoms with Crippen LogP contribution >= 0.6 is 11.6 Å².